The Balaban J connectivity index is 3.60. The number of aliphatic hydroxyl groups excluding tert-OH is 1. The molecule has 0 heterocycles. The van der Waals surface area contributed by atoms with Crippen molar-refractivity contribution in [3.8, 4) is 0 Å². The summed E-state index contributed by atoms with van der Waals surface area (Å²) >= 11 is 0. The molecule has 0 saturated heterocycles. The number of carbonyl (C=O) groups is 2. The van der Waals surface area contributed by atoms with Gasteiger partial charge in [-0.15, -0.1) is 0 Å². The van der Waals surface area contributed by atoms with Crippen LogP contribution in [0.1, 0.15) is 40.0 Å². The Morgan fingerprint density at radius 2 is 1.84 bits per heavy atom. The van der Waals surface area contributed by atoms with E-state index in [0.717, 1.165) is 0 Å². The summed E-state index contributed by atoms with van der Waals surface area (Å²) in [6.07, 6.45) is 1.08. The third-order valence-electron chi connectivity index (χ3n) is 2.17. The standard InChI is InChI=1S/C13H25NO5/c1-13(2,3)19-11(16)7-5-6-10-18-12(17)14(4)8-9-15/h15H,5-10H2,1-4H3. The first-order valence-corrected chi connectivity index (χ1v) is 6.47. The van der Waals surface area contributed by atoms with Crippen LogP contribution >= 0.6 is 0 Å². The lowest BCUT2D eigenvalue weighted by Gasteiger charge is -2.19. The van der Waals surface area contributed by atoms with Crippen LogP contribution in [0.5, 0.6) is 0 Å². The Hall–Kier alpha value is -1.30. The number of ether oxygens (including phenoxy) is 2. The van der Waals surface area contributed by atoms with Crippen LogP contribution in [0.3, 0.4) is 0 Å². The number of unbranched alkanes of at least 4 members (excludes halogenated alkanes) is 1. The van der Waals surface area contributed by atoms with Gasteiger partial charge in [0.1, 0.15) is 5.60 Å². The fraction of sp³-hybridized carbons (Fsp3) is 0.846. The second-order valence-corrected chi connectivity index (χ2v) is 5.30. The van der Waals surface area contributed by atoms with Gasteiger partial charge in [-0.2, -0.15) is 0 Å². The van der Waals surface area contributed by atoms with Gasteiger partial charge in [0.25, 0.3) is 0 Å². The van der Waals surface area contributed by atoms with Gasteiger partial charge >= 0.3 is 12.1 Å². The number of likely N-dealkylation sites (N-methyl/N-ethyl adjacent to an activating group) is 1. The minimum Gasteiger partial charge on any atom is -0.460 e. The molecule has 0 aromatic heterocycles. The van der Waals surface area contributed by atoms with Crippen molar-refractivity contribution in [2.24, 2.45) is 0 Å². The lowest BCUT2D eigenvalue weighted by molar-refractivity contribution is -0.154. The van der Waals surface area contributed by atoms with E-state index in [1.54, 1.807) is 7.05 Å². The Bertz CT molecular complexity index is 285. The summed E-state index contributed by atoms with van der Waals surface area (Å²) in [6, 6.07) is 0. The van der Waals surface area contributed by atoms with E-state index in [2.05, 4.69) is 0 Å². The number of rotatable bonds is 7. The lowest BCUT2D eigenvalue weighted by Crippen LogP contribution is -2.30. The molecule has 0 bridgehead atoms. The van der Waals surface area contributed by atoms with Crippen molar-refractivity contribution < 1.29 is 24.2 Å². The molecule has 0 radical (unpaired) electrons. The molecule has 1 amide bonds. The van der Waals surface area contributed by atoms with Gasteiger partial charge in [0.2, 0.25) is 0 Å². The van der Waals surface area contributed by atoms with Crippen molar-refractivity contribution in [2.45, 2.75) is 45.6 Å². The highest BCUT2D eigenvalue weighted by atomic mass is 16.6. The summed E-state index contributed by atoms with van der Waals surface area (Å²) in [5.41, 5.74) is -0.462. The summed E-state index contributed by atoms with van der Waals surface area (Å²) in [7, 11) is 1.55. The van der Waals surface area contributed by atoms with E-state index in [-0.39, 0.29) is 25.7 Å². The quantitative estimate of drug-likeness (QED) is 0.563. The number of esters is 1. The zero-order chi connectivity index (χ0) is 14.9. The van der Waals surface area contributed by atoms with Gasteiger partial charge in [-0.1, -0.05) is 0 Å². The smallest absolute Gasteiger partial charge is 0.409 e. The molecule has 0 saturated carbocycles. The molecule has 0 aliphatic carbocycles. The van der Waals surface area contributed by atoms with Crippen LogP contribution in [0.4, 0.5) is 4.79 Å². The molecule has 0 unspecified atom stereocenters. The molecule has 112 valence electrons. The fourth-order valence-electron chi connectivity index (χ4n) is 1.27. The van der Waals surface area contributed by atoms with E-state index >= 15 is 0 Å². The minimum absolute atomic E-state index is 0.0930. The molecule has 0 aromatic rings. The van der Waals surface area contributed by atoms with E-state index in [4.69, 9.17) is 14.6 Å². The zero-order valence-corrected chi connectivity index (χ0v) is 12.3. The molecule has 1 N–H and O–H groups in total. The third-order valence-corrected chi connectivity index (χ3v) is 2.17. The molecule has 6 nitrogen and oxygen atoms in total. The number of nitrogens with zero attached hydrogens (tertiary/aromatic N) is 1. The molecular weight excluding hydrogens is 250 g/mol. The lowest BCUT2D eigenvalue weighted by atomic mass is 10.2. The summed E-state index contributed by atoms with van der Waals surface area (Å²) in [4.78, 5) is 24.0. The molecule has 19 heavy (non-hydrogen) atoms. The van der Waals surface area contributed by atoms with Crippen LogP contribution in [0, 0.1) is 0 Å². The predicted molar refractivity (Wildman–Crippen MR) is 70.8 cm³/mol. The maximum Gasteiger partial charge on any atom is 0.409 e. The summed E-state index contributed by atoms with van der Waals surface area (Å²) < 4.78 is 10.1. The monoisotopic (exact) mass is 275 g/mol. The highest BCUT2D eigenvalue weighted by Crippen LogP contribution is 2.09. The Morgan fingerprint density at radius 3 is 2.37 bits per heavy atom. The highest BCUT2D eigenvalue weighted by molar-refractivity contribution is 5.69. The highest BCUT2D eigenvalue weighted by Gasteiger charge is 2.15. The molecule has 0 aliphatic rings. The van der Waals surface area contributed by atoms with E-state index in [9.17, 15) is 9.59 Å². The molecule has 0 fully saturated rings. The summed E-state index contributed by atoms with van der Waals surface area (Å²) in [5, 5.41) is 8.65. The number of amides is 1. The zero-order valence-electron chi connectivity index (χ0n) is 12.3. The second kappa shape index (κ2) is 8.74. The molecule has 0 rings (SSSR count). The minimum atomic E-state index is -0.466. The van der Waals surface area contributed by atoms with E-state index < -0.39 is 11.7 Å². The Morgan fingerprint density at radius 1 is 1.21 bits per heavy atom. The van der Waals surface area contributed by atoms with Crippen molar-refractivity contribution in [1.29, 1.82) is 0 Å². The molecule has 0 aromatic carbocycles. The normalized spacial score (nSPS) is 11.0. The van der Waals surface area contributed by atoms with Crippen molar-refractivity contribution >= 4 is 12.1 Å². The SMILES string of the molecule is CN(CCO)C(=O)OCCCCC(=O)OC(C)(C)C. The first-order chi connectivity index (χ1) is 8.76. The number of carbonyl (C=O) groups excluding carboxylic acids is 2. The van der Waals surface area contributed by atoms with E-state index in [1.165, 1.54) is 4.90 Å². The van der Waals surface area contributed by atoms with Gasteiger partial charge < -0.3 is 19.5 Å². The summed E-state index contributed by atoms with van der Waals surface area (Å²) in [5.74, 6) is -0.240. The first kappa shape index (κ1) is 17.7. The molecule has 0 aliphatic heterocycles. The number of hydrogen-bond donors (Lipinski definition) is 1. The average Bonchev–Trinajstić information content (AvgIpc) is 2.26. The van der Waals surface area contributed by atoms with Crippen LogP contribution < -0.4 is 0 Å². The topological polar surface area (TPSA) is 76.1 Å². The fourth-order valence-corrected chi connectivity index (χ4v) is 1.27. The average molecular weight is 275 g/mol. The Labute approximate surface area is 114 Å². The number of hydrogen-bond acceptors (Lipinski definition) is 5. The summed E-state index contributed by atoms with van der Waals surface area (Å²) in [6.45, 7) is 5.88. The predicted octanol–water partition coefficient (Wildman–Crippen LogP) is 1.56. The van der Waals surface area contributed by atoms with Gasteiger partial charge in [-0.25, -0.2) is 4.79 Å². The van der Waals surface area contributed by atoms with Gasteiger partial charge in [-0.05, 0) is 33.6 Å². The van der Waals surface area contributed by atoms with Crippen LogP contribution in [0.25, 0.3) is 0 Å². The van der Waals surface area contributed by atoms with Gasteiger partial charge in [0.15, 0.2) is 0 Å². The number of aliphatic hydroxyl groups is 1. The second-order valence-electron chi connectivity index (χ2n) is 5.30. The maximum absolute atomic E-state index is 11.4. The molecular formula is C13H25NO5. The molecule has 6 heteroatoms. The third kappa shape index (κ3) is 10.3. The maximum atomic E-state index is 11.4. The van der Waals surface area contributed by atoms with E-state index in [1.807, 2.05) is 20.8 Å². The van der Waals surface area contributed by atoms with Crippen molar-refractivity contribution in [3.05, 3.63) is 0 Å². The van der Waals surface area contributed by atoms with Gasteiger partial charge in [0.05, 0.1) is 13.2 Å². The van der Waals surface area contributed by atoms with Crippen LogP contribution in [0.15, 0.2) is 0 Å². The first-order valence-electron chi connectivity index (χ1n) is 6.47. The van der Waals surface area contributed by atoms with Crippen molar-refractivity contribution in [3.63, 3.8) is 0 Å². The van der Waals surface area contributed by atoms with Crippen molar-refractivity contribution in [2.75, 3.05) is 26.8 Å². The van der Waals surface area contributed by atoms with Gasteiger partial charge in [-0.3, -0.25) is 4.79 Å². The Kier molecular flexibility index (Phi) is 8.14. The molecule has 0 atom stereocenters. The molecule has 0 spiro atoms. The van der Waals surface area contributed by atoms with Crippen LogP contribution in [-0.2, 0) is 14.3 Å². The largest absolute Gasteiger partial charge is 0.460 e. The van der Waals surface area contributed by atoms with Crippen LogP contribution in [0.2, 0.25) is 0 Å². The van der Waals surface area contributed by atoms with Crippen molar-refractivity contribution in [1.82, 2.24) is 4.90 Å². The van der Waals surface area contributed by atoms with Crippen LogP contribution in [-0.4, -0.2) is 54.5 Å². The van der Waals surface area contributed by atoms with Gasteiger partial charge in [0, 0.05) is 20.0 Å². The van der Waals surface area contributed by atoms with E-state index in [0.29, 0.717) is 19.3 Å².